The third-order valence-electron chi connectivity index (χ3n) is 8.28. The Morgan fingerprint density at radius 1 is 1.05 bits per heavy atom. The highest BCUT2D eigenvalue weighted by molar-refractivity contribution is 6.08. The molecule has 202 valence electrons. The van der Waals surface area contributed by atoms with E-state index in [1.165, 1.54) is 20.3 Å². The van der Waals surface area contributed by atoms with Gasteiger partial charge in [-0.25, -0.2) is 4.79 Å². The first-order valence-electron chi connectivity index (χ1n) is 13.0. The van der Waals surface area contributed by atoms with Gasteiger partial charge < -0.3 is 28.4 Å². The largest absolute Gasteiger partial charge is 0.493 e. The number of Topliss-reactive ketones (excluding diaryl/α,β-unsaturated/α-hetero) is 1. The zero-order valence-corrected chi connectivity index (χ0v) is 22.3. The van der Waals surface area contributed by atoms with E-state index >= 15 is 0 Å². The van der Waals surface area contributed by atoms with Gasteiger partial charge in [0, 0.05) is 23.1 Å². The number of methoxy groups -OCH3 is 2. The van der Waals surface area contributed by atoms with Crippen LogP contribution in [-0.4, -0.2) is 39.4 Å². The summed E-state index contributed by atoms with van der Waals surface area (Å²) < 4.78 is 35.1. The van der Waals surface area contributed by atoms with Gasteiger partial charge in [-0.2, -0.15) is 0 Å². The number of allylic oxidation sites excluding steroid dienone is 2. The monoisotopic (exact) mass is 530 g/mol. The van der Waals surface area contributed by atoms with Crippen molar-refractivity contribution < 1.29 is 38.0 Å². The van der Waals surface area contributed by atoms with Crippen LogP contribution in [0.15, 0.2) is 65.6 Å². The maximum atomic E-state index is 14.3. The van der Waals surface area contributed by atoms with Gasteiger partial charge in [-0.05, 0) is 41.7 Å². The molecule has 39 heavy (non-hydrogen) atoms. The van der Waals surface area contributed by atoms with Crippen LogP contribution in [0.1, 0.15) is 43.1 Å². The molecule has 1 spiro atoms. The fraction of sp³-hybridized carbons (Fsp3) is 0.355. The Hall–Kier alpha value is -4.20. The number of ether oxygens (including phenoxy) is 6. The molecule has 0 N–H and O–H groups in total. The van der Waals surface area contributed by atoms with Gasteiger partial charge in [-0.1, -0.05) is 44.2 Å². The molecule has 8 heteroatoms. The van der Waals surface area contributed by atoms with E-state index in [0.29, 0.717) is 40.6 Å². The fourth-order valence-corrected chi connectivity index (χ4v) is 6.07. The number of carbonyl (C=O) groups excluding carboxylic acids is 2. The second kappa shape index (κ2) is 9.52. The van der Waals surface area contributed by atoms with Crippen molar-refractivity contribution >= 4 is 17.8 Å². The van der Waals surface area contributed by atoms with E-state index in [4.69, 9.17) is 28.4 Å². The SMILES string of the molecule is COC1=C(OC)C(=O)C23COc4c5c(cc(c42)[C@@H](OC(=O)/C=C/c2ccccc2)[C@H](C)[C@H](C)CC3=C1)OCO5. The van der Waals surface area contributed by atoms with E-state index in [1.54, 1.807) is 6.08 Å². The molecule has 4 atom stereocenters. The lowest BCUT2D eigenvalue weighted by molar-refractivity contribution is -0.147. The molecular formula is C31H30O8. The molecular weight excluding hydrogens is 500 g/mol. The normalized spacial score (nSPS) is 26.7. The standard InChI is InChI=1S/C31H30O8/c1-17-12-20-13-22(34-3)28(35-4)30(33)31(20)15-36-29-25(31)21(14-23-27(29)38-16-37-23)26(18(17)2)39-24(32)11-10-19-8-6-5-7-9-19/h5-11,13-14,17-18,26H,12,15-16H2,1-4H3/b11-10+/t17-,18-,26+,31?/m1/s1. The molecule has 2 aromatic rings. The molecule has 0 bridgehead atoms. The van der Waals surface area contributed by atoms with Crippen molar-refractivity contribution in [2.75, 3.05) is 27.6 Å². The molecule has 0 saturated heterocycles. The Morgan fingerprint density at radius 2 is 1.85 bits per heavy atom. The number of fused-ring (bicyclic) bond motifs is 2. The van der Waals surface area contributed by atoms with Gasteiger partial charge in [-0.3, -0.25) is 4.79 Å². The number of hydrogen-bond donors (Lipinski definition) is 0. The lowest BCUT2D eigenvalue weighted by Gasteiger charge is -2.41. The Balaban J connectivity index is 1.51. The Kier molecular flexibility index (Phi) is 6.13. The highest BCUT2D eigenvalue weighted by Gasteiger charge is 2.59. The van der Waals surface area contributed by atoms with Crippen molar-refractivity contribution in [1.82, 2.24) is 0 Å². The summed E-state index contributed by atoms with van der Waals surface area (Å²) in [6.45, 7) is 4.26. The predicted octanol–water partition coefficient (Wildman–Crippen LogP) is 5.03. The molecule has 2 aromatic carbocycles. The van der Waals surface area contributed by atoms with E-state index in [0.717, 1.165) is 11.1 Å². The van der Waals surface area contributed by atoms with Gasteiger partial charge in [0.1, 0.15) is 18.1 Å². The highest BCUT2D eigenvalue weighted by Crippen LogP contribution is 2.61. The number of carbonyl (C=O) groups is 2. The van der Waals surface area contributed by atoms with Crippen LogP contribution >= 0.6 is 0 Å². The van der Waals surface area contributed by atoms with Crippen LogP contribution in [0.4, 0.5) is 0 Å². The molecule has 0 amide bonds. The third kappa shape index (κ3) is 3.80. The lowest BCUT2D eigenvalue weighted by atomic mass is 9.62. The van der Waals surface area contributed by atoms with Crippen LogP contribution < -0.4 is 14.2 Å². The van der Waals surface area contributed by atoms with Gasteiger partial charge in [-0.15, -0.1) is 0 Å². The second-order valence-corrected chi connectivity index (χ2v) is 10.3. The summed E-state index contributed by atoms with van der Waals surface area (Å²) in [7, 11) is 2.98. The Bertz CT molecular complexity index is 1440. The summed E-state index contributed by atoms with van der Waals surface area (Å²) in [6, 6.07) is 11.4. The molecule has 2 aliphatic carbocycles. The van der Waals surface area contributed by atoms with Crippen molar-refractivity contribution in [2.45, 2.75) is 31.8 Å². The first kappa shape index (κ1) is 25.1. The first-order valence-corrected chi connectivity index (χ1v) is 13.0. The van der Waals surface area contributed by atoms with E-state index in [-0.39, 0.29) is 36.8 Å². The number of rotatable bonds is 5. The Labute approximate surface area is 226 Å². The average molecular weight is 531 g/mol. The summed E-state index contributed by atoms with van der Waals surface area (Å²) in [5, 5.41) is 0. The van der Waals surface area contributed by atoms with E-state index in [1.807, 2.05) is 42.5 Å². The van der Waals surface area contributed by atoms with E-state index in [9.17, 15) is 9.59 Å². The third-order valence-corrected chi connectivity index (χ3v) is 8.28. The molecule has 2 aliphatic heterocycles. The molecule has 0 fully saturated rings. The number of ketones is 1. The molecule has 6 rings (SSSR count). The van der Waals surface area contributed by atoms with Gasteiger partial charge in [0.05, 0.1) is 14.2 Å². The zero-order chi connectivity index (χ0) is 27.3. The smallest absolute Gasteiger partial charge is 0.331 e. The number of hydrogen-bond acceptors (Lipinski definition) is 8. The van der Waals surface area contributed by atoms with Gasteiger partial charge >= 0.3 is 5.97 Å². The summed E-state index contributed by atoms with van der Waals surface area (Å²) >= 11 is 0. The maximum absolute atomic E-state index is 14.3. The summed E-state index contributed by atoms with van der Waals surface area (Å²) in [5.41, 5.74) is 1.90. The van der Waals surface area contributed by atoms with Crippen LogP contribution in [0, 0.1) is 11.8 Å². The second-order valence-electron chi connectivity index (χ2n) is 10.3. The maximum Gasteiger partial charge on any atom is 0.331 e. The molecule has 2 heterocycles. The summed E-state index contributed by atoms with van der Waals surface area (Å²) in [6.07, 6.45) is 4.95. The predicted molar refractivity (Wildman–Crippen MR) is 141 cm³/mol. The molecule has 4 aliphatic rings. The van der Waals surface area contributed by atoms with Crippen molar-refractivity contribution in [3.05, 3.63) is 82.3 Å². The van der Waals surface area contributed by atoms with Crippen LogP contribution in [0.5, 0.6) is 17.2 Å². The molecule has 8 nitrogen and oxygen atoms in total. The van der Waals surface area contributed by atoms with Gasteiger partial charge in [0.15, 0.2) is 17.3 Å². The molecule has 0 aromatic heterocycles. The topological polar surface area (TPSA) is 89.5 Å². The van der Waals surface area contributed by atoms with Gasteiger partial charge in [0.25, 0.3) is 0 Å². The van der Waals surface area contributed by atoms with Crippen LogP contribution in [0.2, 0.25) is 0 Å². The van der Waals surface area contributed by atoms with Gasteiger partial charge in [0.2, 0.25) is 24.1 Å². The minimum absolute atomic E-state index is 0.0332. The van der Waals surface area contributed by atoms with Crippen molar-refractivity contribution in [2.24, 2.45) is 11.8 Å². The number of benzene rings is 2. The van der Waals surface area contributed by atoms with Crippen LogP contribution in [0.3, 0.4) is 0 Å². The average Bonchev–Trinajstić information content (AvgIpc) is 3.58. The lowest BCUT2D eigenvalue weighted by Crippen LogP contribution is -2.46. The highest BCUT2D eigenvalue weighted by atomic mass is 16.7. The molecule has 1 unspecified atom stereocenters. The fourth-order valence-electron chi connectivity index (χ4n) is 6.07. The molecule has 0 radical (unpaired) electrons. The number of esters is 1. The quantitative estimate of drug-likeness (QED) is 0.393. The van der Waals surface area contributed by atoms with Crippen molar-refractivity contribution in [3.63, 3.8) is 0 Å². The van der Waals surface area contributed by atoms with E-state index in [2.05, 4.69) is 13.8 Å². The van der Waals surface area contributed by atoms with Crippen molar-refractivity contribution in [1.29, 1.82) is 0 Å². The summed E-state index contributed by atoms with van der Waals surface area (Å²) in [4.78, 5) is 27.4. The van der Waals surface area contributed by atoms with E-state index < -0.39 is 17.5 Å². The Morgan fingerprint density at radius 3 is 2.59 bits per heavy atom. The zero-order valence-electron chi connectivity index (χ0n) is 22.3. The van der Waals surface area contributed by atoms with Crippen molar-refractivity contribution in [3.8, 4) is 17.2 Å². The minimum Gasteiger partial charge on any atom is -0.493 e. The minimum atomic E-state index is -1.17. The first-order chi connectivity index (χ1) is 18.9. The summed E-state index contributed by atoms with van der Waals surface area (Å²) in [5.74, 6) is 1.11. The molecule has 0 saturated carbocycles. The van der Waals surface area contributed by atoms with Crippen LogP contribution in [-0.2, 0) is 29.2 Å². The van der Waals surface area contributed by atoms with Crippen LogP contribution in [0.25, 0.3) is 6.08 Å².